The quantitative estimate of drug-likeness (QED) is 0.589. The topological polar surface area (TPSA) is 91.0 Å². The number of hydrogen-bond donors (Lipinski definition) is 0. The highest BCUT2D eigenvalue weighted by Crippen LogP contribution is 2.50. The summed E-state index contributed by atoms with van der Waals surface area (Å²) >= 11 is 0. The molecule has 1 aliphatic carbocycles. The van der Waals surface area contributed by atoms with Crippen LogP contribution in [-0.4, -0.2) is 55.2 Å². The fraction of sp³-hybridized carbons (Fsp3) is 0.571. The zero-order valence-corrected chi connectivity index (χ0v) is 18.5. The van der Waals surface area contributed by atoms with Gasteiger partial charge in [-0.05, 0) is 19.8 Å². The normalized spacial score (nSPS) is 23.7. The second-order valence-electron chi connectivity index (χ2n) is 8.79. The van der Waals surface area contributed by atoms with Crippen molar-refractivity contribution in [3.63, 3.8) is 0 Å². The first-order valence-corrected chi connectivity index (χ1v) is 10.8. The summed E-state index contributed by atoms with van der Waals surface area (Å²) in [6.07, 6.45) is -1.02. The molecule has 33 heavy (non-hydrogen) atoms. The molecule has 0 N–H and O–H groups in total. The Hall–Kier alpha value is -3.02. The van der Waals surface area contributed by atoms with Gasteiger partial charge in [-0.15, -0.1) is 0 Å². The molecule has 9 nitrogen and oxygen atoms in total. The van der Waals surface area contributed by atoms with Gasteiger partial charge in [0.25, 0.3) is 5.56 Å². The molecule has 4 heterocycles. The first kappa shape index (κ1) is 21.8. The van der Waals surface area contributed by atoms with Gasteiger partial charge >= 0.3 is 6.18 Å². The van der Waals surface area contributed by atoms with E-state index in [1.54, 1.807) is 24.9 Å². The van der Waals surface area contributed by atoms with Crippen molar-refractivity contribution in [1.29, 1.82) is 0 Å². The number of aryl methyl sites for hydroxylation is 2. The first-order chi connectivity index (χ1) is 15.6. The summed E-state index contributed by atoms with van der Waals surface area (Å²) < 4.78 is 48.4. The molecule has 3 aromatic rings. The Morgan fingerprint density at radius 1 is 1.12 bits per heavy atom. The lowest BCUT2D eigenvalue weighted by Crippen LogP contribution is -2.40. The summed E-state index contributed by atoms with van der Waals surface area (Å²) in [7, 11) is 3.42. The molecule has 176 valence electrons. The average Bonchev–Trinajstić information content (AvgIpc) is 3.17. The monoisotopic (exact) mass is 463 g/mol. The molecule has 0 bridgehead atoms. The van der Waals surface area contributed by atoms with Crippen LogP contribution in [-0.2, 0) is 18.8 Å². The average molecular weight is 463 g/mol. The van der Waals surface area contributed by atoms with Crippen molar-refractivity contribution < 1.29 is 17.9 Å². The number of morpholine rings is 1. The van der Waals surface area contributed by atoms with E-state index < -0.39 is 18.0 Å². The lowest BCUT2D eigenvalue weighted by Gasteiger charge is -2.37. The van der Waals surface area contributed by atoms with Gasteiger partial charge in [0.15, 0.2) is 5.52 Å². The molecule has 3 aromatic heterocycles. The van der Waals surface area contributed by atoms with Crippen LogP contribution in [0.4, 0.5) is 19.1 Å². The van der Waals surface area contributed by atoms with Crippen LogP contribution in [0.5, 0.6) is 0 Å². The number of nitrogens with zero attached hydrogens (tertiary/aromatic N) is 7. The molecule has 2 aliphatic rings. The molecule has 5 rings (SSSR count). The van der Waals surface area contributed by atoms with E-state index in [9.17, 15) is 18.0 Å². The van der Waals surface area contributed by atoms with Gasteiger partial charge in [-0.1, -0.05) is 0 Å². The Morgan fingerprint density at radius 3 is 2.55 bits per heavy atom. The van der Waals surface area contributed by atoms with E-state index in [0.717, 1.165) is 5.56 Å². The van der Waals surface area contributed by atoms with Gasteiger partial charge in [-0.2, -0.15) is 18.3 Å². The summed E-state index contributed by atoms with van der Waals surface area (Å²) in [6.45, 7) is 3.03. The van der Waals surface area contributed by atoms with Crippen LogP contribution >= 0.6 is 0 Å². The van der Waals surface area contributed by atoms with Crippen molar-refractivity contribution in [3.05, 3.63) is 39.8 Å². The Labute approximate surface area is 187 Å². The van der Waals surface area contributed by atoms with E-state index in [-0.39, 0.29) is 30.0 Å². The van der Waals surface area contributed by atoms with Gasteiger partial charge in [0, 0.05) is 38.3 Å². The maximum absolute atomic E-state index is 13.1. The van der Waals surface area contributed by atoms with E-state index in [4.69, 9.17) is 4.74 Å². The van der Waals surface area contributed by atoms with Crippen LogP contribution in [0.25, 0.3) is 11.0 Å². The smallest absolute Gasteiger partial charge is 0.370 e. The molecule has 0 amide bonds. The Kier molecular flexibility index (Phi) is 5.15. The molecule has 1 saturated carbocycles. The van der Waals surface area contributed by atoms with Gasteiger partial charge < -0.3 is 9.64 Å². The summed E-state index contributed by atoms with van der Waals surface area (Å²) in [5.74, 6) is -1.01. The number of fused-ring (bicyclic) bond motifs is 1. The fourth-order valence-corrected chi connectivity index (χ4v) is 4.44. The molecule has 1 aliphatic heterocycles. The third kappa shape index (κ3) is 3.85. The van der Waals surface area contributed by atoms with Crippen molar-refractivity contribution in [2.24, 2.45) is 20.0 Å². The Bertz CT molecular complexity index is 1260. The van der Waals surface area contributed by atoms with Crippen molar-refractivity contribution in [2.75, 3.05) is 24.6 Å². The maximum atomic E-state index is 13.1. The highest BCUT2D eigenvalue weighted by molar-refractivity contribution is 5.78. The molecule has 0 spiro atoms. The number of alkyl halides is 3. The second-order valence-corrected chi connectivity index (χ2v) is 8.79. The molecule has 2 fully saturated rings. The van der Waals surface area contributed by atoms with Crippen molar-refractivity contribution in [3.8, 4) is 0 Å². The molecule has 1 atom stereocenters. The maximum Gasteiger partial charge on any atom is 0.391 e. The third-order valence-electron chi connectivity index (χ3n) is 6.60. The third-order valence-corrected chi connectivity index (χ3v) is 6.60. The number of aromatic nitrogens is 6. The number of rotatable bonds is 3. The standard InChI is InChI=1S/C21H24F3N7O2/c1-11-26-17-16(12-6-14(7-12)21(22,23)24)27-20(28-18(17)19(32)30(11)3)31-4-5-33-15(10-31)13-8-25-29(2)9-13/h8-9,12,14-15H,4-7,10H2,1-3H3/t12-,14-,15-/m0/s1. The summed E-state index contributed by atoms with van der Waals surface area (Å²) in [5.41, 5.74) is 1.40. The van der Waals surface area contributed by atoms with E-state index >= 15 is 0 Å². The highest BCUT2D eigenvalue weighted by atomic mass is 19.4. The molecular formula is C21H24F3N7O2. The van der Waals surface area contributed by atoms with Gasteiger partial charge in [0.2, 0.25) is 5.95 Å². The number of ether oxygens (including phenoxy) is 1. The van der Waals surface area contributed by atoms with Crippen LogP contribution < -0.4 is 10.5 Å². The van der Waals surface area contributed by atoms with Crippen LogP contribution in [0.15, 0.2) is 17.2 Å². The number of halogens is 3. The SMILES string of the molecule is Cc1nc2c(nc(N3CCO[C@H](c4cnn(C)c4)C3)nc2[C@H]2C[C@H](C(F)(F)F)C2)c(=O)n1C. The predicted molar refractivity (Wildman–Crippen MR) is 113 cm³/mol. The molecule has 0 unspecified atom stereocenters. The first-order valence-electron chi connectivity index (χ1n) is 10.8. The van der Waals surface area contributed by atoms with E-state index in [0.29, 0.717) is 42.7 Å². The molecule has 12 heteroatoms. The van der Waals surface area contributed by atoms with E-state index in [1.165, 1.54) is 4.57 Å². The molecule has 0 aromatic carbocycles. The summed E-state index contributed by atoms with van der Waals surface area (Å²) in [4.78, 5) is 28.6. The Balaban J connectivity index is 1.55. The van der Waals surface area contributed by atoms with E-state index in [1.807, 2.05) is 18.1 Å². The fourth-order valence-electron chi connectivity index (χ4n) is 4.44. The highest BCUT2D eigenvalue weighted by Gasteiger charge is 2.49. The van der Waals surface area contributed by atoms with Crippen LogP contribution in [0.3, 0.4) is 0 Å². The predicted octanol–water partition coefficient (Wildman–Crippen LogP) is 2.40. The zero-order chi connectivity index (χ0) is 23.5. The van der Waals surface area contributed by atoms with Crippen molar-refractivity contribution >= 4 is 17.0 Å². The second kappa shape index (κ2) is 7.79. The van der Waals surface area contributed by atoms with Crippen molar-refractivity contribution in [1.82, 2.24) is 29.3 Å². The van der Waals surface area contributed by atoms with Crippen LogP contribution in [0.1, 0.15) is 41.9 Å². The lowest BCUT2D eigenvalue weighted by molar-refractivity contribution is -0.197. The minimum absolute atomic E-state index is 0.0631. The van der Waals surface area contributed by atoms with Gasteiger partial charge in [0.05, 0.1) is 31.0 Å². The van der Waals surface area contributed by atoms with Crippen LogP contribution in [0, 0.1) is 12.8 Å². The largest absolute Gasteiger partial charge is 0.391 e. The number of hydrogen-bond acceptors (Lipinski definition) is 7. The summed E-state index contributed by atoms with van der Waals surface area (Å²) in [5, 5.41) is 4.19. The minimum Gasteiger partial charge on any atom is -0.370 e. The van der Waals surface area contributed by atoms with E-state index in [2.05, 4.69) is 20.1 Å². The number of anilines is 1. The van der Waals surface area contributed by atoms with Crippen molar-refractivity contribution in [2.45, 2.75) is 38.0 Å². The van der Waals surface area contributed by atoms with Gasteiger partial charge in [-0.3, -0.25) is 14.0 Å². The zero-order valence-electron chi connectivity index (χ0n) is 18.5. The molecular weight excluding hydrogens is 439 g/mol. The summed E-state index contributed by atoms with van der Waals surface area (Å²) in [6, 6.07) is 0. The van der Waals surface area contributed by atoms with Crippen LogP contribution in [0.2, 0.25) is 0 Å². The Morgan fingerprint density at radius 2 is 1.88 bits per heavy atom. The molecule has 0 radical (unpaired) electrons. The van der Waals surface area contributed by atoms with Gasteiger partial charge in [0.1, 0.15) is 17.4 Å². The minimum atomic E-state index is -4.23. The van der Waals surface area contributed by atoms with Gasteiger partial charge in [-0.25, -0.2) is 15.0 Å². The molecule has 1 saturated heterocycles. The lowest BCUT2D eigenvalue weighted by atomic mass is 9.72.